The summed E-state index contributed by atoms with van der Waals surface area (Å²) >= 11 is 0. The van der Waals surface area contributed by atoms with Gasteiger partial charge in [0, 0.05) is 16.7 Å². The van der Waals surface area contributed by atoms with Gasteiger partial charge in [-0.3, -0.25) is 4.79 Å². The molecule has 0 aromatic heterocycles. The van der Waals surface area contributed by atoms with Gasteiger partial charge >= 0.3 is 5.97 Å². The smallest absolute Gasteiger partial charge is 0.311 e. The lowest BCUT2D eigenvalue weighted by molar-refractivity contribution is -0.233. The number of ether oxygens (including phenoxy) is 3. The molecule has 0 unspecified atom stereocenters. The summed E-state index contributed by atoms with van der Waals surface area (Å²) in [6.45, 7) is 17.5. The third kappa shape index (κ3) is 4.41. The lowest BCUT2D eigenvalue weighted by atomic mass is 9.49. The third-order valence-electron chi connectivity index (χ3n) is 12.1. The predicted molar refractivity (Wildman–Crippen MR) is 162 cm³/mol. The summed E-state index contributed by atoms with van der Waals surface area (Å²) < 4.78 is 53.2. The highest BCUT2D eigenvalue weighted by molar-refractivity contribution is 7.91. The first-order valence-corrected chi connectivity index (χ1v) is 19.9. The molecule has 0 amide bonds. The quantitative estimate of drug-likeness (QED) is 0.329. The summed E-state index contributed by atoms with van der Waals surface area (Å²) in [6, 6.07) is 8.30. The van der Waals surface area contributed by atoms with Crippen molar-refractivity contribution in [2.24, 2.45) is 22.7 Å². The van der Waals surface area contributed by atoms with Crippen molar-refractivity contribution in [1.82, 2.24) is 0 Å². The standard InChI is InChI=1S/C32H50O8SSi/c1-28(2,3)42(8,9)40-24-16-15-21-20-38-27-31(34,17-18-41(35,36)22-13-11-10-12-14-22)29(4,5)25(26(33)37-7)23-19-30(24,6)32(21,27)39-23/h10-14,21,23-25,27,34H,15-20H2,1-9H3/t21-,23+,24+,25+,27-,30-,31-,32-/m1/s1. The van der Waals surface area contributed by atoms with Crippen LogP contribution in [0.1, 0.15) is 67.2 Å². The van der Waals surface area contributed by atoms with Crippen LogP contribution in [0.4, 0.5) is 0 Å². The third-order valence-corrected chi connectivity index (χ3v) is 18.3. The van der Waals surface area contributed by atoms with Crippen LogP contribution in [-0.2, 0) is 33.3 Å². The molecule has 1 aromatic rings. The van der Waals surface area contributed by atoms with Crippen LogP contribution in [0.25, 0.3) is 0 Å². The van der Waals surface area contributed by atoms with Gasteiger partial charge in [0.1, 0.15) is 17.3 Å². The molecular formula is C32H50O8SSi. The molecule has 3 heterocycles. The summed E-state index contributed by atoms with van der Waals surface area (Å²) in [4.78, 5) is 13.8. The molecule has 2 bridgehead atoms. The van der Waals surface area contributed by atoms with Crippen LogP contribution in [0.3, 0.4) is 0 Å². The number of carbonyl (C=O) groups excluding carboxylic acids is 1. The molecule has 8 nitrogen and oxygen atoms in total. The number of esters is 1. The van der Waals surface area contributed by atoms with E-state index in [1.54, 1.807) is 30.3 Å². The van der Waals surface area contributed by atoms with Crippen molar-refractivity contribution in [3.8, 4) is 0 Å². The Morgan fingerprint density at radius 3 is 2.36 bits per heavy atom. The van der Waals surface area contributed by atoms with E-state index in [0.29, 0.717) is 13.0 Å². The van der Waals surface area contributed by atoms with Gasteiger partial charge in [-0.25, -0.2) is 8.42 Å². The van der Waals surface area contributed by atoms with Crippen LogP contribution in [0.2, 0.25) is 18.1 Å². The number of aliphatic hydroxyl groups is 1. The summed E-state index contributed by atoms with van der Waals surface area (Å²) in [5.74, 6) is -1.60. The van der Waals surface area contributed by atoms with Crippen molar-refractivity contribution >= 4 is 24.1 Å². The van der Waals surface area contributed by atoms with E-state index in [1.807, 2.05) is 13.8 Å². The van der Waals surface area contributed by atoms with Gasteiger partial charge in [0.25, 0.3) is 0 Å². The zero-order chi connectivity index (χ0) is 31.1. The van der Waals surface area contributed by atoms with Gasteiger partial charge < -0.3 is 23.7 Å². The molecule has 1 saturated carbocycles. The second kappa shape index (κ2) is 10.1. The molecule has 4 fully saturated rings. The number of hydrogen-bond donors (Lipinski definition) is 1. The molecule has 236 valence electrons. The summed E-state index contributed by atoms with van der Waals surface area (Å²) in [5, 5.41) is 13.0. The van der Waals surface area contributed by atoms with Gasteiger partial charge in [-0.05, 0) is 55.9 Å². The zero-order valence-electron chi connectivity index (χ0n) is 26.7. The van der Waals surface area contributed by atoms with Crippen molar-refractivity contribution < 1.29 is 37.0 Å². The number of benzene rings is 1. The summed E-state index contributed by atoms with van der Waals surface area (Å²) in [6.07, 6.45) is 0.585. The maximum atomic E-state index is 13.6. The van der Waals surface area contributed by atoms with Crippen LogP contribution in [0.5, 0.6) is 0 Å². The van der Waals surface area contributed by atoms with Crippen LogP contribution in [-0.4, -0.2) is 76.8 Å². The van der Waals surface area contributed by atoms with Gasteiger partial charge in [0.15, 0.2) is 18.2 Å². The van der Waals surface area contributed by atoms with Crippen molar-refractivity contribution in [1.29, 1.82) is 0 Å². The first-order valence-electron chi connectivity index (χ1n) is 15.3. The molecule has 42 heavy (non-hydrogen) atoms. The molecule has 3 aliphatic heterocycles. The second-order valence-electron chi connectivity index (χ2n) is 15.5. The molecule has 10 heteroatoms. The fraction of sp³-hybridized carbons (Fsp3) is 0.781. The highest BCUT2D eigenvalue weighted by atomic mass is 32.2. The van der Waals surface area contributed by atoms with E-state index < -0.39 is 64.3 Å². The Balaban J connectivity index is 1.63. The minimum Gasteiger partial charge on any atom is -0.469 e. The Kier molecular flexibility index (Phi) is 7.72. The Morgan fingerprint density at radius 1 is 1.12 bits per heavy atom. The number of carbonyl (C=O) groups is 1. The van der Waals surface area contributed by atoms with Crippen LogP contribution in [0.15, 0.2) is 35.2 Å². The molecule has 1 aromatic carbocycles. The van der Waals surface area contributed by atoms with Crippen molar-refractivity contribution in [3.63, 3.8) is 0 Å². The van der Waals surface area contributed by atoms with Gasteiger partial charge in [-0.2, -0.15) is 0 Å². The van der Waals surface area contributed by atoms with Gasteiger partial charge in [0.05, 0.1) is 42.5 Å². The van der Waals surface area contributed by atoms with E-state index in [-0.39, 0.29) is 34.1 Å². The number of hydrogen-bond acceptors (Lipinski definition) is 8. The summed E-state index contributed by atoms with van der Waals surface area (Å²) in [5.41, 5.74) is -4.33. The number of sulfone groups is 1. The van der Waals surface area contributed by atoms with Crippen molar-refractivity contribution in [2.45, 2.75) is 120 Å². The lowest BCUT2D eigenvalue weighted by Gasteiger charge is -2.59. The first kappa shape index (κ1) is 32.1. The van der Waals surface area contributed by atoms with E-state index in [1.165, 1.54) is 7.11 Å². The average molecular weight is 623 g/mol. The van der Waals surface area contributed by atoms with E-state index >= 15 is 0 Å². The van der Waals surface area contributed by atoms with Gasteiger partial charge in [-0.1, -0.05) is 59.7 Å². The van der Waals surface area contributed by atoms with Gasteiger partial charge in [-0.15, -0.1) is 0 Å². The topological polar surface area (TPSA) is 108 Å². The maximum Gasteiger partial charge on any atom is 0.311 e. The number of methoxy groups -OCH3 is 1. The average Bonchev–Trinajstić information content (AvgIpc) is 3.42. The Hall–Kier alpha value is -1.30. The number of fused-ring (bicyclic) bond motifs is 1. The first-order chi connectivity index (χ1) is 19.3. The Morgan fingerprint density at radius 2 is 1.76 bits per heavy atom. The van der Waals surface area contributed by atoms with Crippen LogP contribution >= 0.6 is 0 Å². The van der Waals surface area contributed by atoms with Gasteiger partial charge in [0.2, 0.25) is 0 Å². The normalized spacial score (nSPS) is 39.4. The van der Waals surface area contributed by atoms with Crippen LogP contribution < -0.4 is 0 Å². The van der Waals surface area contributed by atoms with Crippen molar-refractivity contribution in [2.75, 3.05) is 19.5 Å². The fourth-order valence-electron chi connectivity index (χ4n) is 8.49. The molecule has 4 aliphatic rings. The van der Waals surface area contributed by atoms with Crippen LogP contribution in [0, 0.1) is 22.7 Å². The van der Waals surface area contributed by atoms with E-state index in [2.05, 4.69) is 40.8 Å². The number of rotatable bonds is 7. The monoisotopic (exact) mass is 622 g/mol. The lowest BCUT2D eigenvalue weighted by Crippen LogP contribution is -2.71. The molecule has 1 spiro atoms. The summed E-state index contributed by atoms with van der Waals surface area (Å²) in [7, 11) is -4.57. The highest BCUT2D eigenvalue weighted by Crippen LogP contribution is 2.70. The Bertz CT molecular complexity index is 1310. The zero-order valence-corrected chi connectivity index (χ0v) is 28.5. The maximum absolute atomic E-state index is 13.6. The largest absolute Gasteiger partial charge is 0.469 e. The molecule has 5 rings (SSSR count). The fourth-order valence-corrected chi connectivity index (χ4v) is 11.3. The molecular weight excluding hydrogens is 572 g/mol. The minimum atomic E-state index is -3.72. The molecule has 3 saturated heterocycles. The molecule has 0 radical (unpaired) electrons. The highest BCUT2D eigenvalue weighted by Gasteiger charge is 2.80. The second-order valence-corrected chi connectivity index (χ2v) is 22.3. The molecule has 1 N–H and O–H groups in total. The van der Waals surface area contributed by atoms with Crippen molar-refractivity contribution in [3.05, 3.63) is 30.3 Å². The molecule has 8 atom stereocenters. The minimum absolute atomic E-state index is 0.00203. The van der Waals surface area contributed by atoms with E-state index in [9.17, 15) is 18.3 Å². The molecule has 1 aliphatic carbocycles. The SMILES string of the molecule is COC(=O)[C@@H]1[C@@H]2C[C@]3(C)[C@@H](O[Si](C)(C)C(C)(C)C)CC[C@@H]4CO[C@@H]([C@]43O2)[C@](O)(CCS(=O)(=O)c2ccccc2)C1(C)C. The Labute approximate surface area is 252 Å². The van der Waals surface area contributed by atoms with E-state index in [4.69, 9.17) is 18.6 Å². The van der Waals surface area contributed by atoms with E-state index in [0.717, 1.165) is 12.8 Å². The predicted octanol–water partition coefficient (Wildman–Crippen LogP) is 5.14.